The average molecular weight is 469 g/mol. The van der Waals surface area contributed by atoms with E-state index in [-0.39, 0.29) is 45.3 Å². The van der Waals surface area contributed by atoms with Crippen molar-refractivity contribution in [3.05, 3.63) is 11.1 Å². The zero-order valence-electron chi connectivity index (χ0n) is 22.6. The van der Waals surface area contributed by atoms with Crippen LogP contribution in [-0.2, 0) is 19.1 Å². The first-order chi connectivity index (χ1) is 15.6. The van der Waals surface area contributed by atoms with Crippen LogP contribution in [0.2, 0.25) is 0 Å². The molecule has 5 rings (SSSR count). The third kappa shape index (κ3) is 2.69. The Morgan fingerprint density at radius 1 is 0.824 bits per heavy atom. The van der Waals surface area contributed by atoms with Crippen molar-refractivity contribution in [3.8, 4) is 0 Å². The topological polar surface area (TPSA) is 60.4 Å². The van der Waals surface area contributed by atoms with Crippen molar-refractivity contribution in [1.82, 2.24) is 0 Å². The Morgan fingerprint density at radius 2 is 1.50 bits per heavy atom. The molecule has 0 aromatic carbocycles. The summed E-state index contributed by atoms with van der Waals surface area (Å²) in [6, 6.07) is 0. The Labute approximate surface area is 205 Å². The molecule has 0 aliphatic heterocycles. The molecule has 0 aromatic heterocycles. The minimum Gasteiger partial charge on any atom is -0.462 e. The van der Waals surface area contributed by atoms with Crippen LogP contribution in [0.3, 0.4) is 0 Å². The predicted molar refractivity (Wildman–Crippen MR) is 132 cm³/mol. The Hall–Kier alpha value is -1.45. The van der Waals surface area contributed by atoms with Gasteiger partial charge in [0.2, 0.25) is 11.6 Å². The predicted octanol–water partition coefficient (Wildman–Crippen LogP) is 6.46. The first-order valence-electron chi connectivity index (χ1n) is 13.6. The van der Waals surface area contributed by atoms with Crippen LogP contribution >= 0.6 is 0 Å². The number of ether oxygens (including phenoxy) is 1. The molecule has 4 heteroatoms. The van der Waals surface area contributed by atoms with Crippen molar-refractivity contribution in [2.45, 2.75) is 113 Å². The zero-order valence-corrected chi connectivity index (χ0v) is 22.6. The van der Waals surface area contributed by atoms with Crippen LogP contribution in [-0.4, -0.2) is 23.6 Å². The number of carbonyl (C=O) groups excluding carboxylic acids is 3. The maximum Gasteiger partial charge on any atom is 0.302 e. The fraction of sp³-hybridized carbons (Fsp3) is 0.833. The van der Waals surface area contributed by atoms with E-state index in [1.807, 2.05) is 13.8 Å². The SMILES string of the molecule is CC(=O)O[C@H]1CC[C@@]2(C)C(CC[C@]3(C)C2CCC2C4=C(C)C(=O)C(=O)[C@]4(C)CC[C@]23C)C1(C)C. The highest BCUT2D eigenvalue weighted by molar-refractivity contribution is 6.48. The summed E-state index contributed by atoms with van der Waals surface area (Å²) in [6.45, 7) is 17.7. The van der Waals surface area contributed by atoms with Gasteiger partial charge < -0.3 is 4.74 Å². The van der Waals surface area contributed by atoms with Crippen molar-refractivity contribution in [2.75, 3.05) is 0 Å². The molecule has 0 amide bonds. The molecule has 5 aliphatic carbocycles. The van der Waals surface area contributed by atoms with Crippen LogP contribution in [0.1, 0.15) is 107 Å². The van der Waals surface area contributed by atoms with Gasteiger partial charge in [-0.1, -0.05) is 34.6 Å². The van der Waals surface area contributed by atoms with Crippen LogP contribution < -0.4 is 0 Å². The Bertz CT molecular complexity index is 1010. The molecule has 34 heavy (non-hydrogen) atoms. The van der Waals surface area contributed by atoms with Gasteiger partial charge in [-0.3, -0.25) is 14.4 Å². The summed E-state index contributed by atoms with van der Waals surface area (Å²) in [5, 5.41) is 0. The highest BCUT2D eigenvalue weighted by Gasteiger charge is 2.70. The molecule has 0 N–H and O–H groups in total. The lowest BCUT2D eigenvalue weighted by atomic mass is 9.33. The van der Waals surface area contributed by atoms with E-state index in [0.29, 0.717) is 17.8 Å². The number of allylic oxidation sites excluding steroid dienone is 2. The number of hydrogen-bond donors (Lipinski definition) is 0. The van der Waals surface area contributed by atoms with E-state index in [1.54, 1.807) is 0 Å². The lowest BCUT2D eigenvalue weighted by Gasteiger charge is -2.72. The summed E-state index contributed by atoms with van der Waals surface area (Å²) >= 11 is 0. The molecule has 8 atom stereocenters. The van der Waals surface area contributed by atoms with Gasteiger partial charge in [0.1, 0.15) is 6.10 Å². The van der Waals surface area contributed by atoms with Crippen molar-refractivity contribution in [3.63, 3.8) is 0 Å². The van der Waals surface area contributed by atoms with E-state index < -0.39 is 5.41 Å². The number of carbonyl (C=O) groups is 3. The molecule has 0 bridgehead atoms. The van der Waals surface area contributed by atoms with Crippen molar-refractivity contribution in [2.24, 2.45) is 44.8 Å². The molecule has 5 aliphatic rings. The maximum atomic E-state index is 13.0. The molecule has 4 fully saturated rings. The summed E-state index contributed by atoms with van der Waals surface area (Å²) in [7, 11) is 0. The summed E-state index contributed by atoms with van der Waals surface area (Å²) in [4.78, 5) is 37.6. The molecule has 188 valence electrons. The van der Waals surface area contributed by atoms with Gasteiger partial charge in [0.15, 0.2) is 0 Å². The minimum atomic E-state index is -0.570. The second-order valence-electron chi connectivity index (χ2n) is 14.1. The third-order valence-electron chi connectivity index (χ3n) is 12.7. The molecule has 0 saturated heterocycles. The number of Topliss-reactive ketones (excluding diaryl/α,β-unsaturated/α-hetero) is 2. The van der Waals surface area contributed by atoms with Crippen molar-refractivity contribution in [1.29, 1.82) is 0 Å². The Morgan fingerprint density at radius 3 is 2.15 bits per heavy atom. The second-order valence-corrected chi connectivity index (χ2v) is 14.1. The van der Waals surface area contributed by atoms with Crippen LogP contribution in [0.15, 0.2) is 11.1 Å². The van der Waals surface area contributed by atoms with Gasteiger partial charge in [0.25, 0.3) is 0 Å². The molecule has 0 radical (unpaired) electrons. The third-order valence-corrected chi connectivity index (χ3v) is 12.7. The first kappa shape index (κ1) is 24.3. The zero-order chi connectivity index (χ0) is 25.1. The number of esters is 1. The molecular weight excluding hydrogens is 424 g/mol. The molecule has 4 saturated carbocycles. The van der Waals surface area contributed by atoms with E-state index in [1.165, 1.54) is 18.9 Å². The fourth-order valence-electron chi connectivity index (χ4n) is 10.7. The number of rotatable bonds is 1. The molecule has 3 unspecified atom stereocenters. The second kappa shape index (κ2) is 7.07. The van der Waals surface area contributed by atoms with Crippen molar-refractivity contribution >= 4 is 17.5 Å². The lowest BCUT2D eigenvalue weighted by Crippen LogP contribution is -2.65. The van der Waals surface area contributed by atoms with Crippen LogP contribution in [0.5, 0.6) is 0 Å². The van der Waals surface area contributed by atoms with Crippen molar-refractivity contribution < 1.29 is 19.1 Å². The summed E-state index contributed by atoms with van der Waals surface area (Å²) < 4.78 is 5.85. The molecular formula is C30H44O4. The smallest absolute Gasteiger partial charge is 0.302 e. The monoisotopic (exact) mass is 468 g/mol. The number of ketones is 2. The quantitative estimate of drug-likeness (QED) is 0.327. The van der Waals surface area contributed by atoms with E-state index in [9.17, 15) is 14.4 Å². The van der Waals surface area contributed by atoms with E-state index >= 15 is 0 Å². The van der Waals surface area contributed by atoms with Crippen LogP contribution in [0, 0.1) is 44.8 Å². The van der Waals surface area contributed by atoms with Gasteiger partial charge in [-0.25, -0.2) is 0 Å². The Balaban J connectivity index is 1.54. The van der Waals surface area contributed by atoms with Gasteiger partial charge in [-0.05, 0) is 105 Å². The molecule has 0 heterocycles. The maximum absolute atomic E-state index is 13.0. The van der Waals surface area contributed by atoms with E-state index in [4.69, 9.17) is 4.74 Å². The van der Waals surface area contributed by atoms with Gasteiger partial charge in [0.05, 0.1) is 5.41 Å². The van der Waals surface area contributed by atoms with Gasteiger partial charge in [0, 0.05) is 17.9 Å². The minimum absolute atomic E-state index is 0.00179. The number of fused-ring (bicyclic) bond motifs is 7. The van der Waals surface area contributed by atoms with E-state index in [0.717, 1.165) is 50.5 Å². The molecule has 0 aromatic rings. The standard InChI is InChI=1S/C30H44O4/c1-17-23-19-9-10-21-27(5)13-12-22(34-18(2)31)26(3,4)20(27)11-14-30(21,8)29(19,7)16-15-28(23,6)25(33)24(17)32/h19-22H,9-16H2,1-8H3/t19?,20?,21?,22-,27-,28+,29+,30+/m0/s1. The Kier molecular flexibility index (Phi) is 5.04. The summed E-state index contributed by atoms with van der Waals surface area (Å²) in [5.74, 6) is 0.917. The number of hydrogen-bond acceptors (Lipinski definition) is 4. The highest BCUT2D eigenvalue weighted by Crippen LogP contribution is 2.76. The largest absolute Gasteiger partial charge is 0.462 e. The summed E-state index contributed by atoms with van der Waals surface area (Å²) in [6.07, 6.45) is 8.45. The summed E-state index contributed by atoms with van der Waals surface area (Å²) in [5.41, 5.74) is 1.84. The van der Waals surface area contributed by atoms with Gasteiger partial charge in [-0.2, -0.15) is 0 Å². The average Bonchev–Trinajstić information content (AvgIpc) is 2.91. The molecule has 4 nitrogen and oxygen atoms in total. The highest BCUT2D eigenvalue weighted by atomic mass is 16.5. The normalized spacial score (nSPS) is 49.6. The van der Waals surface area contributed by atoms with Gasteiger partial charge >= 0.3 is 5.97 Å². The van der Waals surface area contributed by atoms with Crippen LogP contribution in [0.25, 0.3) is 0 Å². The lowest BCUT2D eigenvalue weighted by molar-refractivity contribution is -0.232. The van der Waals surface area contributed by atoms with Gasteiger partial charge in [-0.15, -0.1) is 0 Å². The first-order valence-corrected chi connectivity index (χ1v) is 13.6. The fourth-order valence-corrected chi connectivity index (χ4v) is 10.7. The van der Waals surface area contributed by atoms with E-state index in [2.05, 4.69) is 34.6 Å². The molecule has 0 spiro atoms. The van der Waals surface area contributed by atoms with Crippen LogP contribution in [0.4, 0.5) is 0 Å².